The molecular weight excluding hydrogens is 378 g/mol. The van der Waals surface area contributed by atoms with Crippen molar-refractivity contribution in [3.05, 3.63) is 51.1 Å². The second kappa shape index (κ2) is 8.27. The summed E-state index contributed by atoms with van der Waals surface area (Å²) in [7, 11) is 0. The number of rotatable bonds is 5. The third-order valence-corrected chi connectivity index (χ3v) is 4.83. The summed E-state index contributed by atoms with van der Waals surface area (Å²) in [4.78, 5) is 33.5. The number of amides is 1. The lowest BCUT2D eigenvalue weighted by atomic mass is 9.87. The molecule has 28 heavy (non-hydrogen) atoms. The van der Waals surface area contributed by atoms with Crippen LogP contribution >= 0.6 is 11.6 Å². The zero-order valence-corrected chi connectivity index (χ0v) is 17.9. The summed E-state index contributed by atoms with van der Waals surface area (Å²) in [5.74, 6) is -1.50. The van der Waals surface area contributed by atoms with E-state index < -0.39 is 17.3 Å². The van der Waals surface area contributed by atoms with Crippen LogP contribution in [0.4, 0.5) is 5.69 Å². The minimum Gasteiger partial charge on any atom is -0.476 e. The Morgan fingerprint density at radius 3 is 2.29 bits per heavy atom. The first-order chi connectivity index (χ1) is 13.0. The fourth-order valence-corrected chi connectivity index (χ4v) is 3.42. The van der Waals surface area contributed by atoms with Crippen LogP contribution in [0, 0.1) is 6.92 Å². The second-order valence-electron chi connectivity index (χ2n) is 7.62. The molecule has 0 bridgehead atoms. The third-order valence-electron chi connectivity index (χ3n) is 4.48. The van der Waals surface area contributed by atoms with E-state index in [1.807, 2.05) is 46.8 Å². The Labute approximate surface area is 170 Å². The number of halogens is 1. The van der Waals surface area contributed by atoms with E-state index in [0.717, 1.165) is 11.1 Å². The van der Waals surface area contributed by atoms with Gasteiger partial charge in [-0.1, -0.05) is 52.3 Å². The van der Waals surface area contributed by atoms with Crippen molar-refractivity contribution in [1.29, 1.82) is 0 Å². The van der Waals surface area contributed by atoms with Gasteiger partial charge in [0.1, 0.15) is 5.82 Å². The molecule has 150 valence electrons. The van der Waals surface area contributed by atoms with Gasteiger partial charge < -0.3 is 10.4 Å². The summed E-state index contributed by atoms with van der Waals surface area (Å²) in [6, 6.07) is 3.68. The number of carbonyl (C=O) groups is 2. The molecular formula is C21H26ClN3O3. The van der Waals surface area contributed by atoms with Crippen LogP contribution in [0.2, 0.25) is 5.02 Å². The molecule has 7 heteroatoms. The van der Waals surface area contributed by atoms with Crippen molar-refractivity contribution in [3.8, 4) is 0 Å². The van der Waals surface area contributed by atoms with Crippen molar-refractivity contribution in [2.45, 2.75) is 59.8 Å². The van der Waals surface area contributed by atoms with Gasteiger partial charge in [0, 0.05) is 16.1 Å². The van der Waals surface area contributed by atoms with E-state index in [0.29, 0.717) is 35.1 Å². The molecule has 0 aliphatic heterocycles. The molecule has 0 spiro atoms. The molecule has 0 saturated carbocycles. The first-order valence-corrected chi connectivity index (χ1v) is 9.63. The number of aryl methyl sites for hydroxylation is 2. The Hall–Kier alpha value is -2.47. The maximum Gasteiger partial charge on any atom is 0.355 e. The van der Waals surface area contributed by atoms with Crippen LogP contribution in [-0.4, -0.2) is 27.0 Å². The number of aromatic nitrogens is 2. The third kappa shape index (κ3) is 4.33. The Balaban J connectivity index is 2.69. The molecule has 2 aromatic rings. The number of hydrogen-bond acceptors (Lipinski definition) is 4. The lowest BCUT2D eigenvalue weighted by Crippen LogP contribution is -2.28. The summed E-state index contributed by atoms with van der Waals surface area (Å²) in [5, 5.41) is 13.1. The Morgan fingerprint density at radius 2 is 1.79 bits per heavy atom. The van der Waals surface area contributed by atoms with Gasteiger partial charge in [0.15, 0.2) is 5.69 Å². The van der Waals surface area contributed by atoms with Crippen molar-refractivity contribution < 1.29 is 14.7 Å². The average molecular weight is 404 g/mol. The summed E-state index contributed by atoms with van der Waals surface area (Å²) in [6.45, 7) is 11.2. The first kappa shape index (κ1) is 21.8. The van der Waals surface area contributed by atoms with E-state index in [4.69, 9.17) is 11.6 Å². The molecule has 0 unspecified atom stereocenters. The maximum absolute atomic E-state index is 13.3. The van der Waals surface area contributed by atoms with E-state index in [1.165, 1.54) is 0 Å². The molecule has 0 aliphatic carbocycles. The predicted octanol–water partition coefficient (Wildman–Crippen LogP) is 4.81. The van der Waals surface area contributed by atoms with Crippen LogP contribution in [0.25, 0.3) is 0 Å². The summed E-state index contributed by atoms with van der Waals surface area (Å²) >= 11 is 6.32. The number of hydrogen-bond donors (Lipinski definition) is 2. The largest absolute Gasteiger partial charge is 0.476 e. The monoisotopic (exact) mass is 403 g/mol. The highest BCUT2D eigenvalue weighted by Crippen LogP contribution is 2.32. The molecule has 0 radical (unpaired) electrons. The van der Waals surface area contributed by atoms with Crippen LogP contribution in [0.3, 0.4) is 0 Å². The Kier molecular flexibility index (Phi) is 6.44. The van der Waals surface area contributed by atoms with Crippen LogP contribution < -0.4 is 5.32 Å². The van der Waals surface area contributed by atoms with Crippen LogP contribution in [-0.2, 0) is 18.3 Å². The van der Waals surface area contributed by atoms with Gasteiger partial charge in [-0.3, -0.25) is 4.79 Å². The van der Waals surface area contributed by atoms with Gasteiger partial charge in [-0.25, -0.2) is 14.8 Å². The number of carbonyl (C=O) groups excluding carboxylic acids is 1. The van der Waals surface area contributed by atoms with E-state index in [9.17, 15) is 14.7 Å². The van der Waals surface area contributed by atoms with Crippen molar-refractivity contribution in [2.75, 3.05) is 5.32 Å². The van der Waals surface area contributed by atoms with Gasteiger partial charge in [0.25, 0.3) is 5.91 Å². The highest BCUT2D eigenvalue weighted by Gasteiger charge is 2.31. The van der Waals surface area contributed by atoms with Gasteiger partial charge in [0.2, 0.25) is 0 Å². The Bertz CT molecular complexity index is 933. The topological polar surface area (TPSA) is 92.2 Å². The molecule has 0 fully saturated rings. The number of nitrogens with zero attached hydrogens (tertiary/aromatic N) is 2. The zero-order valence-electron chi connectivity index (χ0n) is 17.1. The van der Waals surface area contributed by atoms with Gasteiger partial charge >= 0.3 is 5.97 Å². The van der Waals surface area contributed by atoms with Crippen molar-refractivity contribution in [3.63, 3.8) is 0 Å². The minimum atomic E-state index is -1.27. The number of nitrogens with one attached hydrogen (secondary N) is 1. The molecule has 1 aromatic carbocycles. The summed E-state index contributed by atoms with van der Waals surface area (Å²) in [5.41, 5.74) is 1.91. The van der Waals surface area contributed by atoms with Gasteiger partial charge in [-0.15, -0.1) is 0 Å². The fourth-order valence-electron chi connectivity index (χ4n) is 3.13. The van der Waals surface area contributed by atoms with E-state index >= 15 is 0 Å². The molecule has 2 N–H and O–H groups in total. The smallest absolute Gasteiger partial charge is 0.355 e. The first-order valence-electron chi connectivity index (χ1n) is 9.25. The number of carboxylic acids is 1. The molecule has 0 saturated heterocycles. The summed E-state index contributed by atoms with van der Waals surface area (Å²) in [6.07, 6.45) is 1.33. The number of benzene rings is 1. The lowest BCUT2D eigenvalue weighted by Gasteiger charge is -2.23. The highest BCUT2D eigenvalue weighted by molar-refractivity contribution is 6.32. The van der Waals surface area contributed by atoms with Crippen molar-refractivity contribution >= 4 is 29.2 Å². The number of anilines is 1. The molecule has 2 rings (SSSR count). The second-order valence-corrected chi connectivity index (χ2v) is 8.03. The minimum absolute atomic E-state index is 0.0188. The summed E-state index contributed by atoms with van der Waals surface area (Å²) < 4.78 is 0. The molecule has 1 aromatic heterocycles. The maximum atomic E-state index is 13.3. The van der Waals surface area contributed by atoms with Crippen LogP contribution in [0.1, 0.15) is 78.1 Å². The molecule has 6 nitrogen and oxygen atoms in total. The van der Waals surface area contributed by atoms with E-state index in [2.05, 4.69) is 15.3 Å². The predicted molar refractivity (Wildman–Crippen MR) is 111 cm³/mol. The fraction of sp³-hybridized carbons (Fsp3) is 0.429. The number of aromatic carboxylic acids is 1. The standard InChI is InChI=1S/C21H26ClN3O3/c1-7-12-9-10-14(22)13(8-2)16(12)25-19(26)15-17(20(27)28)23-11(3)24-18(15)21(4,5)6/h9-10H,7-8H2,1-6H3,(H,25,26)(H,27,28). The van der Waals surface area contributed by atoms with Crippen LogP contribution in [0.15, 0.2) is 12.1 Å². The SMILES string of the molecule is CCc1ccc(Cl)c(CC)c1NC(=O)c1c(C(=O)O)nc(C)nc1C(C)(C)C. The van der Waals surface area contributed by atoms with Gasteiger partial charge in [0.05, 0.1) is 11.3 Å². The Morgan fingerprint density at radius 1 is 1.14 bits per heavy atom. The van der Waals surface area contributed by atoms with Gasteiger partial charge in [-0.05, 0) is 37.0 Å². The number of carboxylic acid groups (broad SMARTS) is 1. The normalized spacial score (nSPS) is 11.4. The quantitative estimate of drug-likeness (QED) is 0.747. The van der Waals surface area contributed by atoms with Gasteiger partial charge in [-0.2, -0.15) is 0 Å². The average Bonchev–Trinajstić information content (AvgIpc) is 2.60. The van der Waals surface area contributed by atoms with E-state index in [-0.39, 0.29) is 11.3 Å². The zero-order chi connectivity index (χ0) is 21.2. The van der Waals surface area contributed by atoms with Crippen LogP contribution in [0.5, 0.6) is 0 Å². The lowest BCUT2D eigenvalue weighted by molar-refractivity contribution is 0.0684. The highest BCUT2D eigenvalue weighted by atomic mass is 35.5. The van der Waals surface area contributed by atoms with E-state index in [1.54, 1.807) is 6.92 Å². The molecule has 1 amide bonds. The molecule has 0 aliphatic rings. The van der Waals surface area contributed by atoms with Crippen molar-refractivity contribution in [1.82, 2.24) is 9.97 Å². The molecule has 0 atom stereocenters. The van der Waals surface area contributed by atoms with Crippen molar-refractivity contribution in [2.24, 2.45) is 0 Å². The molecule has 1 heterocycles.